The molecule has 0 radical (unpaired) electrons. The minimum Gasteiger partial charge on any atom is -0.368 e. The average molecular weight is 361 g/mol. The van der Waals surface area contributed by atoms with E-state index in [4.69, 9.17) is 5.73 Å². The molecule has 1 saturated carbocycles. The van der Waals surface area contributed by atoms with Gasteiger partial charge >= 0.3 is 0 Å². The third-order valence-corrected chi connectivity index (χ3v) is 5.49. The Balaban J connectivity index is 1.75. The Labute approximate surface area is 151 Å². The minimum absolute atomic E-state index is 0.0550. The molecule has 2 N–H and O–H groups in total. The van der Waals surface area contributed by atoms with Gasteiger partial charge in [-0.1, -0.05) is 11.8 Å². The van der Waals surface area contributed by atoms with Crippen LogP contribution >= 0.6 is 11.8 Å². The molecule has 0 atom stereocenters. The zero-order chi connectivity index (χ0) is 18.1. The van der Waals surface area contributed by atoms with Crippen molar-refractivity contribution in [3.8, 4) is 0 Å². The summed E-state index contributed by atoms with van der Waals surface area (Å²) in [6, 6.07) is 1.94. The van der Waals surface area contributed by atoms with Crippen molar-refractivity contribution in [2.45, 2.75) is 57.8 Å². The van der Waals surface area contributed by atoms with Gasteiger partial charge < -0.3 is 10.3 Å². The summed E-state index contributed by atoms with van der Waals surface area (Å²) in [4.78, 5) is 24.0. The van der Waals surface area contributed by atoms with Gasteiger partial charge in [-0.3, -0.25) is 14.2 Å². The molecule has 25 heavy (non-hydrogen) atoms. The van der Waals surface area contributed by atoms with Crippen LogP contribution < -0.4 is 5.73 Å². The van der Waals surface area contributed by atoms with E-state index in [-0.39, 0.29) is 18.1 Å². The van der Waals surface area contributed by atoms with Crippen LogP contribution in [0, 0.1) is 13.8 Å². The molecular weight excluding hydrogens is 338 g/mol. The van der Waals surface area contributed by atoms with Gasteiger partial charge in [0.2, 0.25) is 5.91 Å². The highest BCUT2D eigenvalue weighted by atomic mass is 32.2. The number of carbonyl (C=O) groups is 2. The second-order valence-electron chi connectivity index (χ2n) is 6.41. The molecule has 2 aromatic rings. The maximum Gasteiger partial charge on any atom is 0.237 e. The summed E-state index contributed by atoms with van der Waals surface area (Å²) in [5, 5.41) is 8.95. The number of hydrogen-bond acceptors (Lipinski definition) is 5. The quantitative estimate of drug-likeness (QED) is 0.573. The third-order valence-electron chi connectivity index (χ3n) is 4.52. The van der Waals surface area contributed by atoms with Gasteiger partial charge in [-0.25, -0.2) is 0 Å². The SMILES string of the molecule is CCn1c(C)cc(C(=O)CSc2nnc(C3CC3)n2CC(N)=O)c1C. The molecule has 7 nitrogen and oxygen atoms in total. The van der Waals surface area contributed by atoms with Gasteiger partial charge in [0.15, 0.2) is 10.9 Å². The van der Waals surface area contributed by atoms with Gasteiger partial charge in [0.05, 0.1) is 5.75 Å². The van der Waals surface area contributed by atoms with Crippen LogP contribution in [-0.4, -0.2) is 36.8 Å². The third kappa shape index (κ3) is 3.63. The molecule has 2 heterocycles. The van der Waals surface area contributed by atoms with Gasteiger partial charge in [0.1, 0.15) is 12.4 Å². The molecule has 0 aliphatic heterocycles. The summed E-state index contributed by atoms with van der Waals surface area (Å²) < 4.78 is 3.88. The Morgan fingerprint density at radius 3 is 2.56 bits per heavy atom. The topological polar surface area (TPSA) is 95.8 Å². The lowest BCUT2D eigenvalue weighted by Gasteiger charge is -2.07. The van der Waals surface area contributed by atoms with Crippen molar-refractivity contribution in [1.82, 2.24) is 19.3 Å². The Bertz CT molecular complexity index is 819. The monoisotopic (exact) mass is 361 g/mol. The lowest BCUT2D eigenvalue weighted by atomic mass is 10.2. The van der Waals surface area contributed by atoms with Gasteiger partial charge in [0, 0.05) is 29.4 Å². The van der Waals surface area contributed by atoms with Gasteiger partial charge in [-0.15, -0.1) is 10.2 Å². The van der Waals surface area contributed by atoms with Crippen LogP contribution in [0.15, 0.2) is 11.2 Å². The largest absolute Gasteiger partial charge is 0.368 e. The van der Waals surface area contributed by atoms with Crippen molar-refractivity contribution in [3.63, 3.8) is 0 Å². The Morgan fingerprint density at radius 2 is 2.00 bits per heavy atom. The fraction of sp³-hybridized carbons (Fsp3) is 0.529. The first-order valence-electron chi connectivity index (χ1n) is 8.46. The van der Waals surface area contributed by atoms with E-state index in [0.717, 1.165) is 42.2 Å². The summed E-state index contributed by atoms with van der Waals surface area (Å²) in [5.41, 5.74) is 8.17. The number of rotatable bonds is 8. The van der Waals surface area contributed by atoms with E-state index < -0.39 is 5.91 Å². The molecule has 2 aromatic heterocycles. The van der Waals surface area contributed by atoms with Crippen molar-refractivity contribution in [2.24, 2.45) is 5.73 Å². The van der Waals surface area contributed by atoms with E-state index in [9.17, 15) is 9.59 Å². The number of aryl methyl sites for hydroxylation is 1. The van der Waals surface area contributed by atoms with Crippen LogP contribution in [0.3, 0.4) is 0 Å². The molecule has 0 aromatic carbocycles. The molecule has 0 saturated heterocycles. The van der Waals surface area contributed by atoms with Crippen LogP contribution in [0.2, 0.25) is 0 Å². The fourth-order valence-corrected chi connectivity index (χ4v) is 3.96. The molecule has 0 unspecified atom stereocenters. The number of carbonyl (C=O) groups excluding carboxylic acids is 2. The van der Waals surface area contributed by atoms with E-state index in [1.165, 1.54) is 11.8 Å². The average Bonchev–Trinajstić information content (AvgIpc) is 3.26. The standard InChI is InChI=1S/C17H23N5O2S/c1-4-21-10(2)7-13(11(21)3)14(23)9-25-17-20-19-16(12-5-6-12)22(17)8-15(18)24/h7,12H,4-6,8-9H2,1-3H3,(H2,18,24). The zero-order valence-corrected chi connectivity index (χ0v) is 15.6. The highest BCUT2D eigenvalue weighted by Crippen LogP contribution is 2.40. The number of amides is 1. The summed E-state index contributed by atoms with van der Waals surface area (Å²) in [7, 11) is 0. The molecule has 134 valence electrons. The Morgan fingerprint density at radius 1 is 1.28 bits per heavy atom. The molecule has 1 fully saturated rings. The number of nitrogens with zero attached hydrogens (tertiary/aromatic N) is 4. The van der Waals surface area contributed by atoms with E-state index in [0.29, 0.717) is 11.1 Å². The smallest absolute Gasteiger partial charge is 0.237 e. The molecule has 0 spiro atoms. The van der Waals surface area contributed by atoms with E-state index in [1.807, 2.05) is 19.9 Å². The molecule has 1 amide bonds. The van der Waals surface area contributed by atoms with E-state index >= 15 is 0 Å². The second kappa shape index (κ2) is 7.03. The first kappa shape index (κ1) is 17.7. The Hall–Kier alpha value is -2.09. The van der Waals surface area contributed by atoms with Crippen molar-refractivity contribution in [1.29, 1.82) is 0 Å². The molecule has 8 heteroatoms. The Kier molecular flexibility index (Phi) is 4.99. The maximum absolute atomic E-state index is 12.6. The lowest BCUT2D eigenvalue weighted by Crippen LogP contribution is -2.21. The minimum atomic E-state index is -0.429. The van der Waals surface area contributed by atoms with Gasteiger partial charge in [0.25, 0.3) is 0 Å². The predicted molar refractivity (Wildman–Crippen MR) is 95.8 cm³/mol. The lowest BCUT2D eigenvalue weighted by molar-refractivity contribution is -0.118. The molecule has 0 bridgehead atoms. The summed E-state index contributed by atoms with van der Waals surface area (Å²) in [6.45, 7) is 6.94. The predicted octanol–water partition coefficient (Wildman–Crippen LogP) is 2.05. The number of primary amides is 1. The van der Waals surface area contributed by atoms with Crippen molar-refractivity contribution in [2.75, 3.05) is 5.75 Å². The molecule has 3 rings (SSSR count). The summed E-state index contributed by atoms with van der Waals surface area (Å²) >= 11 is 1.31. The number of ketones is 1. The van der Waals surface area contributed by atoms with Crippen LogP contribution in [0.4, 0.5) is 0 Å². The van der Waals surface area contributed by atoms with Gasteiger partial charge in [-0.05, 0) is 39.7 Å². The van der Waals surface area contributed by atoms with E-state index in [1.54, 1.807) is 4.57 Å². The number of Topliss-reactive ketones (excluding diaryl/α,β-unsaturated/α-hetero) is 1. The molecular formula is C17H23N5O2S. The van der Waals surface area contributed by atoms with Crippen molar-refractivity contribution < 1.29 is 9.59 Å². The van der Waals surface area contributed by atoms with Gasteiger partial charge in [-0.2, -0.15) is 0 Å². The molecule has 1 aliphatic rings. The van der Waals surface area contributed by atoms with Crippen LogP contribution in [0.1, 0.15) is 53.3 Å². The number of nitrogens with two attached hydrogens (primary N) is 1. The number of hydrogen-bond donors (Lipinski definition) is 1. The number of thioether (sulfide) groups is 1. The normalized spacial score (nSPS) is 14.0. The van der Waals surface area contributed by atoms with Crippen molar-refractivity contribution in [3.05, 3.63) is 28.8 Å². The second-order valence-corrected chi connectivity index (χ2v) is 7.35. The summed E-state index contributed by atoms with van der Waals surface area (Å²) in [5.74, 6) is 1.05. The number of aromatic nitrogens is 4. The zero-order valence-electron chi connectivity index (χ0n) is 14.8. The maximum atomic E-state index is 12.6. The summed E-state index contributed by atoms with van der Waals surface area (Å²) in [6.07, 6.45) is 2.12. The van der Waals surface area contributed by atoms with E-state index in [2.05, 4.69) is 21.7 Å². The first-order chi connectivity index (χ1) is 11.9. The van der Waals surface area contributed by atoms with Crippen LogP contribution in [0.5, 0.6) is 0 Å². The highest BCUT2D eigenvalue weighted by Gasteiger charge is 2.31. The highest BCUT2D eigenvalue weighted by molar-refractivity contribution is 7.99. The van der Waals surface area contributed by atoms with Crippen LogP contribution in [-0.2, 0) is 17.9 Å². The van der Waals surface area contributed by atoms with Crippen LogP contribution in [0.25, 0.3) is 0 Å². The first-order valence-corrected chi connectivity index (χ1v) is 9.45. The van der Waals surface area contributed by atoms with Crippen molar-refractivity contribution >= 4 is 23.5 Å². The fourth-order valence-electron chi connectivity index (χ4n) is 3.13. The molecule has 1 aliphatic carbocycles.